The van der Waals surface area contributed by atoms with Gasteiger partial charge in [0.15, 0.2) is 0 Å². The minimum atomic E-state index is -3.82. The smallest absolute Gasteiger partial charge is 0.208 e. The van der Waals surface area contributed by atoms with E-state index in [-0.39, 0.29) is 15.8 Å². The molecule has 3 heterocycles. The lowest BCUT2D eigenvalue weighted by Gasteiger charge is -2.28. The van der Waals surface area contributed by atoms with E-state index >= 15 is 0 Å². The van der Waals surface area contributed by atoms with E-state index in [0.29, 0.717) is 18.3 Å². The summed E-state index contributed by atoms with van der Waals surface area (Å²) in [6.07, 6.45) is 3.14. The molecule has 1 N–H and O–H groups in total. The minimum Gasteiger partial charge on any atom is -0.492 e. The van der Waals surface area contributed by atoms with Crippen molar-refractivity contribution in [3.8, 4) is 5.75 Å². The number of ether oxygens (including phenoxy) is 1. The van der Waals surface area contributed by atoms with Crippen LogP contribution in [0.1, 0.15) is 17.9 Å². The van der Waals surface area contributed by atoms with Crippen LogP contribution in [0.2, 0.25) is 0 Å². The fourth-order valence-corrected chi connectivity index (χ4v) is 4.53. The van der Waals surface area contributed by atoms with E-state index in [4.69, 9.17) is 4.74 Å². The first-order valence-corrected chi connectivity index (χ1v) is 8.90. The third kappa shape index (κ3) is 2.40. The van der Waals surface area contributed by atoms with Gasteiger partial charge < -0.3 is 10.1 Å². The van der Waals surface area contributed by atoms with Gasteiger partial charge in [-0.15, -0.1) is 0 Å². The summed E-state index contributed by atoms with van der Waals surface area (Å²) in [6, 6.07) is 6.16. The van der Waals surface area contributed by atoms with Gasteiger partial charge in [0.2, 0.25) is 9.84 Å². The van der Waals surface area contributed by atoms with Crippen molar-refractivity contribution in [1.29, 1.82) is 0 Å². The number of halogens is 1. The lowest BCUT2D eigenvalue weighted by atomic mass is 9.90. The summed E-state index contributed by atoms with van der Waals surface area (Å²) >= 11 is 0. The molecule has 0 bridgehead atoms. The zero-order chi connectivity index (χ0) is 16.0. The molecule has 1 fully saturated rings. The van der Waals surface area contributed by atoms with Crippen LogP contribution >= 0.6 is 0 Å². The maximum absolute atomic E-state index is 13.3. The molecule has 2 atom stereocenters. The average Bonchev–Trinajstić information content (AvgIpc) is 3.03. The quantitative estimate of drug-likeness (QED) is 0.908. The van der Waals surface area contributed by atoms with Gasteiger partial charge in [-0.1, -0.05) is 6.07 Å². The molecule has 1 aromatic heterocycles. The van der Waals surface area contributed by atoms with Crippen LogP contribution in [0.25, 0.3) is 0 Å². The number of sulfone groups is 1. The van der Waals surface area contributed by atoms with Crippen molar-refractivity contribution in [3.63, 3.8) is 0 Å². The van der Waals surface area contributed by atoms with Crippen LogP contribution in [0.4, 0.5) is 4.39 Å². The van der Waals surface area contributed by atoms with Gasteiger partial charge in [0.25, 0.3) is 0 Å². The Kier molecular flexibility index (Phi) is 3.35. The number of benzene rings is 1. The Balaban J connectivity index is 1.76. The van der Waals surface area contributed by atoms with Crippen molar-refractivity contribution < 1.29 is 17.5 Å². The number of rotatable bonds is 2. The Morgan fingerprint density at radius 2 is 2.09 bits per heavy atom. The minimum absolute atomic E-state index is 0.0908. The fourth-order valence-electron chi connectivity index (χ4n) is 3.28. The van der Waals surface area contributed by atoms with Crippen LogP contribution in [0.5, 0.6) is 5.75 Å². The molecule has 1 saturated heterocycles. The van der Waals surface area contributed by atoms with Crippen LogP contribution in [0.3, 0.4) is 0 Å². The fraction of sp³-hybridized carbons (Fsp3) is 0.312. The summed E-state index contributed by atoms with van der Waals surface area (Å²) in [7, 11) is -3.82. The zero-order valence-corrected chi connectivity index (χ0v) is 13.0. The summed E-state index contributed by atoms with van der Waals surface area (Å²) in [4.78, 5) is 3.55. The topological polar surface area (TPSA) is 68.3 Å². The molecule has 120 valence electrons. The standard InChI is InChI=1S/C16H15FN2O3S/c17-10-5-12(8-18-7-10)23(20,21)11-1-2-14-13-3-4-19-15(13)9-22-16(14)6-11/h1-2,5-8,13,15,19H,3-4,9H2. The second-order valence-corrected chi connectivity index (χ2v) is 7.76. The third-order valence-electron chi connectivity index (χ3n) is 4.45. The predicted molar refractivity (Wildman–Crippen MR) is 80.7 cm³/mol. The molecule has 1 aromatic carbocycles. The molecule has 7 heteroatoms. The van der Waals surface area contributed by atoms with Crippen LogP contribution in [-0.4, -0.2) is 32.6 Å². The summed E-state index contributed by atoms with van der Waals surface area (Å²) in [5, 5.41) is 3.38. The van der Waals surface area contributed by atoms with Crippen molar-refractivity contribution >= 4 is 9.84 Å². The summed E-state index contributed by atoms with van der Waals surface area (Å²) in [5.74, 6) is 0.270. The van der Waals surface area contributed by atoms with Crippen LogP contribution < -0.4 is 10.1 Å². The van der Waals surface area contributed by atoms with Crippen molar-refractivity contribution in [2.24, 2.45) is 0 Å². The van der Waals surface area contributed by atoms with Crippen molar-refractivity contribution in [3.05, 3.63) is 48.0 Å². The molecule has 2 aliphatic heterocycles. The maximum atomic E-state index is 13.3. The van der Waals surface area contributed by atoms with Gasteiger partial charge in [-0.2, -0.15) is 0 Å². The SMILES string of the molecule is O=S(=O)(c1cncc(F)c1)c1ccc2c(c1)OCC1NCCC21. The number of nitrogens with one attached hydrogen (secondary N) is 1. The van der Waals surface area contributed by atoms with Crippen LogP contribution in [-0.2, 0) is 9.84 Å². The number of aromatic nitrogens is 1. The summed E-state index contributed by atoms with van der Waals surface area (Å²) in [5.41, 5.74) is 1.03. The second kappa shape index (κ2) is 5.28. The Morgan fingerprint density at radius 3 is 2.91 bits per heavy atom. The van der Waals surface area contributed by atoms with E-state index < -0.39 is 15.7 Å². The number of hydrogen-bond acceptors (Lipinski definition) is 5. The predicted octanol–water partition coefficient (Wildman–Crippen LogP) is 1.89. The van der Waals surface area contributed by atoms with Gasteiger partial charge >= 0.3 is 0 Å². The van der Waals surface area contributed by atoms with Crippen LogP contribution in [0, 0.1) is 5.82 Å². The van der Waals surface area contributed by atoms with Gasteiger partial charge in [-0.25, -0.2) is 12.8 Å². The van der Waals surface area contributed by atoms with Crippen molar-refractivity contribution in [1.82, 2.24) is 10.3 Å². The molecule has 0 radical (unpaired) electrons. The molecule has 4 rings (SSSR count). The molecule has 0 saturated carbocycles. The lowest BCUT2D eigenvalue weighted by molar-refractivity contribution is 0.238. The lowest BCUT2D eigenvalue weighted by Crippen LogP contribution is -2.35. The highest BCUT2D eigenvalue weighted by Gasteiger charge is 2.35. The van der Waals surface area contributed by atoms with Gasteiger partial charge in [-0.05, 0) is 36.7 Å². The van der Waals surface area contributed by atoms with Crippen molar-refractivity contribution in [2.75, 3.05) is 13.2 Å². The summed E-state index contributed by atoms with van der Waals surface area (Å²) in [6.45, 7) is 1.47. The maximum Gasteiger partial charge on any atom is 0.208 e. The Bertz CT molecular complexity index is 869. The summed E-state index contributed by atoms with van der Waals surface area (Å²) < 4.78 is 44.2. The van der Waals surface area contributed by atoms with Crippen molar-refractivity contribution in [2.45, 2.75) is 28.2 Å². The van der Waals surface area contributed by atoms with Gasteiger partial charge in [0, 0.05) is 18.2 Å². The first-order chi connectivity index (χ1) is 11.1. The second-order valence-electron chi connectivity index (χ2n) is 5.81. The van der Waals surface area contributed by atoms with E-state index in [2.05, 4.69) is 10.3 Å². The number of hydrogen-bond donors (Lipinski definition) is 1. The Hall–Kier alpha value is -1.99. The first-order valence-electron chi connectivity index (χ1n) is 7.41. The molecule has 2 aromatic rings. The average molecular weight is 334 g/mol. The van der Waals surface area contributed by atoms with E-state index in [1.807, 2.05) is 0 Å². The molecule has 0 spiro atoms. The van der Waals surface area contributed by atoms with E-state index in [0.717, 1.165) is 37.0 Å². The number of fused-ring (bicyclic) bond motifs is 3. The van der Waals surface area contributed by atoms with Gasteiger partial charge in [0.05, 0.1) is 16.0 Å². The Labute approximate surface area is 133 Å². The van der Waals surface area contributed by atoms with E-state index in [1.165, 1.54) is 6.07 Å². The molecule has 23 heavy (non-hydrogen) atoms. The van der Waals surface area contributed by atoms with E-state index in [9.17, 15) is 12.8 Å². The highest BCUT2D eigenvalue weighted by Crippen LogP contribution is 2.40. The van der Waals surface area contributed by atoms with Gasteiger partial charge in [0.1, 0.15) is 18.2 Å². The Morgan fingerprint density at radius 1 is 1.22 bits per heavy atom. The molecule has 2 aliphatic rings. The third-order valence-corrected chi connectivity index (χ3v) is 6.17. The number of pyridine rings is 1. The molecular formula is C16H15FN2O3S. The van der Waals surface area contributed by atoms with Gasteiger partial charge in [-0.3, -0.25) is 4.98 Å². The molecule has 2 unspecified atom stereocenters. The largest absolute Gasteiger partial charge is 0.492 e. The van der Waals surface area contributed by atoms with Crippen LogP contribution in [0.15, 0.2) is 46.5 Å². The number of nitrogens with zero attached hydrogens (tertiary/aromatic N) is 1. The highest BCUT2D eigenvalue weighted by molar-refractivity contribution is 7.91. The molecular weight excluding hydrogens is 319 g/mol. The normalized spacial score (nSPS) is 23.0. The molecule has 0 amide bonds. The monoisotopic (exact) mass is 334 g/mol. The highest BCUT2D eigenvalue weighted by atomic mass is 32.2. The van der Waals surface area contributed by atoms with E-state index in [1.54, 1.807) is 12.1 Å². The first kappa shape index (κ1) is 14.6. The molecule has 5 nitrogen and oxygen atoms in total. The molecule has 0 aliphatic carbocycles. The zero-order valence-electron chi connectivity index (χ0n) is 12.2.